The lowest BCUT2D eigenvalue weighted by atomic mass is 10.0. The van der Waals surface area contributed by atoms with E-state index in [1.165, 1.54) is 0 Å². The van der Waals surface area contributed by atoms with Crippen LogP contribution in [0.1, 0.15) is 18.5 Å². The SMILES string of the molecule is N#Cc1ccnc(N2CC3CC(C(=O)NNCF)CC3C2)n1. The monoisotopic (exact) mass is 304 g/mol. The van der Waals surface area contributed by atoms with E-state index in [9.17, 15) is 9.18 Å². The van der Waals surface area contributed by atoms with Gasteiger partial charge >= 0.3 is 0 Å². The highest BCUT2D eigenvalue weighted by Gasteiger charge is 2.43. The first-order chi connectivity index (χ1) is 10.7. The van der Waals surface area contributed by atoms with Crippen LogP contribution in [0.15, 0.2) is 12.3 Å². The Kier molecular flexibility index (Phi) is 4.15. The van der Waals surface area contributed by atoms with Gasteiger partial charge < -0.3 is 4.90 Å². The van der Waals surface area contributed by atoms with Crippen LogP contribution in [0.25, 0.3) is 0 Å². The van der Waals surface area contributed by atoms with Crippen molar-refractivity contribution < 1.29 is 9.18 Å². The highest BCUT2D eigenvalue weighted by molar-refractivity contribution is 5.78. The number of aromatic nitrogens is 2. The van der Waals surface area contributed by atoms with E-state index in [-0.39, 0.29) is 11.8 Å². The van der Waals surface area contributed by atoms with Gasteiger partial charge in [0.25, 0.3) is 0 Å². The molecule has 7 nitrogen and oxygen atoms in total. The van der Waals surface area contributed by atoms with E-state index >= 15 is 0 Å². The molecule has 0 bridgehead atoms. The number of hydrogen-bond acceptors (Lipinski definition) is 6. The van der Waals surface area contributed by atoms with Crippen LogP contribution in [-0.2, 0) is 4.79 Å². The van der Waals surface area contributed by atoms with Crippen LogP contribution >= 0.6 is 0 Å². The Hall–Kier alpha value is -2.27. The summed E-state index contributed by atoms with van der Waals surface area (Å²) in [6.45, 7) is 0.811. The topological polar surface area (TPSA) is 93.9 Å². The van der Waals surface area contributed by atoms with Crippen molar-refractivity contribution in [1.82, 2.24) is 20.8 Å². The van der Waals surface area contributed by atoms with Gasteiger partial charge in [0.2, 0.25) is 11.9 Å². The second-order valence-electron chi connectivity index (χ2n) is 5.75. The molecule has 2 atom stereocenters. The van der Waals surface area contributed by atoms with E-state index in [1.54, 1.807) is 12.3 Å². The van der Waals surface area contributed by atoms with Gasteiger partial charge in [-0.2, -0.15) is 5.26 Å². The van der Waals surface area contributed by atoms with Crippen LogP contribution in [0.2, 0.25) is 0 Å². The van der Waals surface area contributed by atoms with Crippen molar-refractivity contribution in [2.24, 2.45) is 17.8 Å². The smallest absolute Gasteiger partial charge is 0.237 e. The zero-order valence-electron chi connectivity index (χ0n) is 12.0. The molecular weight excluding hydrogens is 287 g/mol. The lowest BCUT2D eigenvalue weighted by molar-refractivity contribution is -0.126. The molecule has 1 aromatic heterocycles. The van der Waals surface area contributed by atoms with Crippen molar-refractivity contribution in [3.05, 3.63) is 18.0 Å². The predicted molar refractivity (Wildman–Crippen MR) is 75.9 cm³/mol. The highest BCUT2D eigenvalue weighted by Crippen LogP contribution is 2.42. The van der Waals surface area contributed by atoms with Crippen LogP contribution in [-0.4, -0.2) is 35.8 Å². The molecular formula is C14H17FN6O. The third-order valence-corrected chi connectivity index (χ3v) is 4.44. The van der Waals surface area contributed by atoms with Crippen molar-refractivity contribution in [3.8, 4) is 6.07 Å². The van der Waals surface area contributed by atoms with Crippen LogP contribution in [0.3, 0.4) is 0 Å². The Morgan fingerprint density at radius 2 is 2.18 bits per heavy atom. The van der Waals surface area contributed by atoms with Gasteiger partial charge in [-0.25, -0.2) is 19.8 Å². The van der Waals surface area contributed by atoms with Gasteiger partial charge in [-0.1, -0.05) is 0 Å². The van der Waals surface area contributed by atoms with E-state index in [4.69, 9.17) is 5.26 Å². The predicted octanol–water partition coefficient (Wildman–Crippen LogP) is 0.358. The van der Waals surface area contributed by atoms with E-state index in [0.717, 1.165) is 25.9 Å². The molecule has 116 valence electrons. The second kappa shape index (κ2) is 6.23. The summed E-state index contributed by atoms with van der Waals surface area (Å²) in [6.07, 6.45) is 3.17. The molecule has 0 radical (unpaired) electrons. The van der Waals surface area contributed by atoms with Crippen LogP contribution in [0.5, 0.6) is 0 Å². The lowest BCUT2D eigenvalue weighted by Crippen LogP contribution is -2.40. The number of rotatable bonds is 4. The first-order valence-electron chi connectivity index (χ1n) is 7.28. The standard InChI is InChI=1S/C14H17FN6O/c15-8-18-20-13(22)9-3-10-6-21(7-11(10)4-9)14-17-2-1-12(5-16)19-14/h1-2,9-11,18H,3-4,6-8H2,(H,20,22). The van der Waals surface area contributed by atoms with E-state index in [0.29, 0.717) is 23.5 Å². The van der Waals surface area contributed by atoms with E-state index in [1.807, 2.05) is 6.07 Å². The number of halogens is 1. The van der Waals surface area contributed by atoms with Crippen LogP contribution in [0.4, 0.5) is 10.3 Å². The minimum Gasteiger partial charge on any atom is -0.340 e. The molecule has 0 aromatic carbocycles. The molecule has 3 rings (SSSR count). The molecule has 22 heavy (non-hydrogen) atoms. The largest absolute Gasteiger partial charge is 0.340 e. The summed E-state index contributed by atoms with van der Waals surface area (Å²) in [6, 6.07) is 3.60. The van der Waals surface area contributed by atoms with Gasteiger partial charge in [-0.05, 0) is 30.7 Å². The summed E-state index contributed by atoms with van der Waals surface area (Å²) >= 11 is 0. The molecule has 2 aliphatic rings. The molecule has 1 aliphatic carbocycles. The van der Waals surface area contributed by atoms with Crippen molar-refractivity contribution in [3.63, 3.8) is 0 Å². The van der Waals surface area contributed by atoms with E-state index < -0.39 is 6.80 Å². The van der Waals surface area contributed by atoms with Gasteiger partial charge in [-0.15, -0.1) is 0 Å². The Balaban J connectivity index is 1.59. The molecule has 1 amide bonds. The van der Waals surface area contributed by atoms with Gasteiger partial charge in [-0.3, -0.25) is 10.2 Å². The molecule has 1 aromatic rings. The highest BCUT2D eigenvalue weighted by atomic mass is 19.1. The molecule has 2 heterocycles. The van der Waals surface area contributed by atoms with Crippen LogP contribution < -0.4 is 15.8 Å². The van der Waals surface area contributed by atoms with Crippen molar-refractivity contribution in [2.75, 3.05) is 24.8 Å². The number of amides is 1. The fraction of sp³-hybridized carbons (Fsp3) is 0.571. The third-order valence-electron chi connectivity index (χ3n) is 4.44. The first-order valence-corrected chi connectivity index (χ1v) is 7.28. The lowest BCUT2D eigenvalue weighted by Gasteiger charge is -2.18. The Bertz CT molecular complexity index is 589. The molecule has 2 fully saturated rings. The molecule has 2 unspecified atom stereocenters. The Labute approximate surface area is 127 Å². The fourth-order valence-corrected chi connectivity index (χ4v) is 3.46. The Morgan fingerprint density at radius 1 is 1.45 bits per heavy atom. The molecule has 1 saturated carbocycles. The molecule has 1 saturated heterocycles. The minimum atomic E-state index is -0.772. The number of nitriles is 1. The van der Waals surface area contributed by atoms with Gasteiger partial charge in [0.15, 0.2) is 6.80 Å². The van der Waals surface area contributed by atoms with Gasteiger partial charge in [0, 0.05) is 25.2 Å². The average molecular weight is 304 g/mol. The summed E-state index contributed by atoms with van der Waals surface area (Å²) in [5.74, 6) is 1.20. The van der Waals surface area contributed by atoms with E-state index in [2.05, 4.69) is 25.7 Å². The summed E-state index contributed by atoms with van der Waals surface area (Å²) in [5.41, 5.74) is 4.95. The maximum absolute atomic E-state index is 12.0. The van der Waals surface area contributed by atoms with Crippen LogP contribution in [0, 0.1) is 29.1 Å². The summed E-state index contributed by atoms with van der Waals surface area (Å²) in [4.78, 5) is 22.4. The zero-order valence-corrected chi connectivity index (χ0v) is 12.0. The molecule has 2 N–H and O–H groups in total. The number of carbonyl (C=O) groups is 1. The second-order valence-corrected chi connectivity index (χ2v) is 5.75. The number of nitrogens with zero attached hydrogens (tertiary/aromatic N) is 4. The number of fused-ring (bicyclic) bond motifs is 1. The van der Waals surface area contributed by atoms with Gasteiger partial charge in [0.05, 0.1) is 0 Å². The molecule has 8 heteroatoms. The summed E-state index contributed by atoms with van der Waals surface area (Å²) in [5, 5.41) is 8.90. The number of hydrazine groups is 1. The summed E-state index contributed by atoms with van der Waals surface area (Å²) in [7, 11) is 0. The number of anilines is 1. The normalized spacial score (nSPS) is 26.5. The minimum absolute atomic E-state index is 0.0671. The molecule has 0 spiro atoms. The fourth-order valence-electron chi connectivity index (χ4n) is 3.46. The number of nitrogens with one attached hydrogen (secondary N) is 2. The Morgan fingerprint density at radius 3 is 2.82 bits per heavy atom. The summed E-state index contributed by atoms with van der Waals surface area (Å²) < 4.78 is 12.0. The average Bonchev–Trinajstić information content (AvgIpc) is 3.11. The van der Waals surface area contributed by atoms with Gasteiger partial charge in [0.1, 0.15) is 11.8 Å². The number of hydrogen-bond donors (Lipinski definition) is 2. The van der Waals surface area contributed by atoms with Crippen molar-refractivity contribution in [2.45, 2.75) is 12.8 Å². The number of carbonyl (C=O) groups excluding carboxylic acids is 1. The van der Waals surface area contributed by atoms with Crippen molar-refractivity contribution in [1.29, 1.82) is 5.26 Å². The quantitative estimate of drug-likeness (QED) is 0.616. The number of alkyl halides is 1. The maximum atomic E-state index is 12.0. The zero-order chi connectivity index (χ0) is 15.5. The first kappa shape index (κ1) is 14.7. The molecule has 1 aliphatic heterocycles. The maximum Gasteiger partial charge on any atom is 0.237 e. The van der Waals surface area contributed by atoms with Crippen molar-refractivity contribution >= 4 is 11.9 Å². The third kappa shape index (κ3) is 2.85.